The summed E-state index contributed by atoms with van der Waals surface area (Å²) in [7, 11) is 0. The van der Waals surface area contributed by atoms with Crippen LogP contribution in [0.4, 0.5) is 0 Å². The van der Waals surface area contributed by atoms with Crippen molar-refractivity contribution in [2.75, 3.05) is 0 Å². The van der Waals surface area contributed by atoms with Gasteiger partial charge in [0.05, 0.1) is 5.92 Å². The van der Waals surface area contributed by atoms with Crippen LogP contribution in [0.15, 0.2) is 0 Å². The van der Waals surface area contributed by atoms with Crippen LogP contribution in [0, 0.1) is 41.4 Å². The van der Waals surface area contributed by atoms with Gasteiger partial charge in [-0.05, 0) is 18.8 Å². The lowest BCUT2D eigenvalue weighted by Gasteiger charge is -1.85. The van der Waals surface area contributed by atoms with Crippen molar-refractivity contribution in [3.8, 4) is 35.5 Å². The summed E-state index contributed by atoms with van der Waals surface area (Å²) < 4.78 is 0. The van der Waals surface area contributed by atoms with Gasteiger partial charge in [-0.3, -0.25) is 0 Å². The SMILES string of the molecule is CCC#CC#CC(C)C#CCC. The average Bonchev–Trinajstić information content (AvgIpc) is 2.09. The van der Waals surface area contributed by atoms with E-state index < -0.39 is 0 Å². The third kappa shape index (κ3) is 6.80. The summed E-state index contributed by atoms with van der Waals surface area (Å²) in [6.45, 7) is 6.03. The molecule has 0 saturated carbocycles. The lowest BCUT2D eigenvalue weighted by molar-refractivity contribution is 1.02. The van der Waals surface area contributed by atoms with Crippen molar-refractivity contribution in [1.82, 2.24) is 0 Å². The van der Waals surface area contributed by atoms with Crippen LogP contribution in [0.25, 0.3) is 0 Å². The molecule has 1 atom stereocenters. The highest BCUT2D eigenvalue weighted by molar-refractivity contribution is 5.29. The summed E-state index contributed by atoms with van der Waals surface area (Å²) in [5.74, 6) is 17.5. The third-order valence-electron chi connectivity index (χ3n) is 1.11. The summed E-state index contributed by atoms with van der Waals surface area (Å²) in [4.78, 5) is 0. The minimum atomic E-state index is 0.149. The first-order valence-corrected chi connectivity index (χ1v) is 4.28. The quantitative estimate of drug-likeness (QED) is 0.475. The zero-order valence-electron chi connectivity index (χ0n) is 7.99. The fraction of sp³-hybridized carbons (Fsp3) is 0.500. The smallest absolute Gasteiger partial charge is 0.0793 e. The van der Waals surface area contributed by atoms with E-state index >= 15 is 0 Å². The van der Waals surface area contributed by atoms with E-state index in [1.54, 1.807) is 0 Å². The van der Waals surface area contributed by atoms with E-state index in [1.807, 2.05) is 20.8 Å². The standard InChI is InChI=1S/C12H14/c1-4-6-8-9-11-12(3)10-7-5-2/h12H,4-5H2,1-3H3. The van der Waals surface area contributed by atoms with Gasteiger partial charge < -0.3 is 0 Å². The normalized spacial score (nSPS) is 9.25. The van der Waals surface area contributed by atoms with Gasteiger partial charge in [-0.1, -0.05) is 31.6 Å². The third-order valence-corrected chi connectivity index (χ3v) is 1.11. The van der Waals surface area contributed by atoms with Gasteiger partial charge >= 0.3 is 0 Å². The molecule has 0 heterocycles. The zero-order chi connectivity index (χ0) is 9.23. The summed E-state index contributed by atoms with van der Waals surface area (Å²) in [5.41, 5.74) is 0. The highest BCUT2D eigenvalue weighted by Crippen LogP contribution is 1.87. The van der Waals surface area contributed by atoms with Gasteiger partial charge in [-0.15, -0.1) is 5.92 Å². The second kappa shape index (κ2) is 7.78. The molecule has 0 aromatic carbocycles. The molecule has 1 unspecified atom stereocenters. The van der Waals surface area contributed by atoms with Crippen molar-refractivity contribution in [1.29, 1.82) is 0 Å². The molecule has 0 amide bonds. The molecule has 0 fully saturated rings. The average molecular weight is 158 g/mol. The first-order valence-electron chi connectivity index (χ1n) is 4.28. The van der Waals surface area contributed by atoms with Gasteiger partial charge in [-0.25, -0.2) is 0 Å². The highest BCUT2D eigenvalue weighted by Gasteiger charge is 1.84. The van der Waals surface area contributed by atoms with Crippen molar-refractivity contribution < 1.29 is 0 Å². The molecule has 0 aromatic heterocycles. The van der Waals surface area contributed by atoms with Crippen LogP contribution >= 0.6 is 0 Å². The van der Waals surface area contributed by atoms with Crippen LogP contribution in [-0.2, 0) is 0 Å². The summed E-state index contributed by atoms with van der Waals surface area (Å²) in [6, 6.07) is 0. The van der Waals surface area contributed by atoms with Crippen molar-refractivity contribution in [3.05, 3.63) is 0 Å². The molecule has 0 aliphatic carbocycles. The summed E-state index contributed by atoms with van der Waals surface area (Å²) >= 11 is 0. The number of hydrogen-bond acceptors (Lipinski definition) is 0. The van der Waals surface area contributed by atoms with Crippen molar-refractivity contribution in [2.45, 2.75) is 33.6 Å². The molecule has 0 heteroatoms. The molecule has 0 aliphatic heterocycles. The lowest BCUT2D eigenvalue weighted by Crippen LogP contribution is -1.82. The molecule has 12 heavy (non-hydrogen) atoms. The Morgan fingerprint density at radius 3 is 2.17 bits per heavy atom. The van der Waals surface area contributed by atoms with Crippen molar-refractivity contribution >= 4 is 0 Å². The van der Waals surface area contributed by atoms with Crippen molar-refractivity contribution in [2.24, 2.45) is 5.92 Å². The Bertz CT molecular complexity index is 277. The molecule has 0 spiro atoms. The van der Waals surface area contributed by atoms with Gasteiger partial charge in [0.1, 0.15) is 0 Å². The minimum Gasteiger partial charge on any atom is -0.102 e. The van der Waals surface area contributed by atoms with E-state index in [4.69, 9.17) is 0 Å². The molecule has 62 valence electrons. The molecule has 0 saturated heterocycles. The predicted octanol–water partition coefficient (Wildman–Crippen LogP) is 2.45. The molecule has 0 rings (SSSR count). The van der Waals surface area contributed by atoms with Gasteiger partial charge in [0.15, 0.2) is 0 Å². The maximum Gasteiger partial charge on any atom is 0.0793 e. The van der Waals surface area contributed by atoms with E-state index in [9.17, 15) is 0 Å². The van der Waals surface area contributed by atoms with E-state index in [0.29, 0.717) is 0 Å². The molecular weight excluding hydrogens is 144 g/mol. The van der Waals surface area contributed by atoms with Crippen molar-refractivity contribution in [3.63, 3.8) is 0 Å². The second-order valence-corrected chi connectivity index (χ2v) is 2.32. The van der Waals surface area contributed by atoms with Crippen LogP contribution in [-0.4, -0.2) is 0 Å². The largest absolute Gasteiger partial charge is 0.102 e. The predicted molar refractivity (Wildman–Crippen MR) is 53.1 cm³/mol. The Labute approximate surface area is 75.8 Å². The first kappa shape index (κ1) is 10.7. The van der Waals surface area contributed by atoms with Crippen LogP contribution in [0.5, 0.6) is 0 Å². The molecule has 0 aromatic rings. The molecule has 0 nitrogen and oxygen atoms in total. The Hall–Kier alpha value is -1.32. The zero-order valence-corrected chi connectivity index (χ0v) is 7.99. The monoisotopic (exact) mass is 158 g/mol. The van der Waals surface area contributed by atoms with Crippen LogP contribution in [0.2, 0.25) is 0 Å². The molecule has 0 N–H and O–H groups in total. The minimum absolute atomic E-state index is 0.149. The molecule has 0 aliphatic rings. The molecule has 0 bridgehead atoms. The van der Waals surface area contributed by atoms with Gasteiger partial charge in [0.25, 0.3) is 0 Å². The fourth-order valence-corrected chi connectivity index (χ4v) is 0.568. The van der Waals surface area contributed by atoms with Crippen LogP contribution < -0.4 is 0 Å². The Kier molecular flexibility index (Phi) is 6.93. The van der Waals surface area contributed by atoms with Gasteiger partial charge in [-0.2, -0.15) is 0 Å². The van der Waals surface area contributed by atoms with E-state index in [-0.39, 0.29) is 5.92 Å². The Balaban J connectivity index is 3.95. The van der Waals surface area contributed by atoms with Crippen LogP contribution in [0.3, 0.4) is 0 Å². The molecular formula is C12H14. The van der Waals surface area contributed by atoms with Crippen LogP contribution in [0.1, 0.15) is 33.6 Å². The maximum absolute atomic E-state index is 3.02. The maximum atomic E-state index is 3.02. The summed E-state index contributed by atoms with van der Waals surface area (Å²) in [5, 5.41) is 0. The molecule has 0 radical (unpaired) electrons. The Morgan fingerprint density at radius 1 is 0.917 bits per heavy atom. The lowest BCUT2D eigenvalue weighted by atomic mass is 10.2. The van der Waals surface area contributed by atoms with Gasteiger partial charge in [0, 0.05) is 12.8 Å². The number of hydrogen-bond donors (Lipinski definition) is 0. The van der Waals surface area contributed by atoms with E-state index in [0.717, 1.165) is 12.8 Å². The second-order valence-electron chi connectivity index (χ2n) is 2.32. The first-order chi connectivity index (χ1) is 5.81. The van der Waals surface area contributed by atoms with Gasteiger partial charge in [0.2, 0.25) is 0 Å². The highest BCUT2D eigenvalue weighted by atomic mass is 13.9. The fourth-order valence-electron chi connectivity index (χ4n) is 0.568. The Morgan fingerprint density at radius 2 is 1.58 bits per heavy atom. The number of rotatable bonds is 0. The van der Waals surface area contributed by atoms with E-state index in [2.05, 4.69) is 35.5 Å². The summed E-state index contributed by atoms with van der Waals surface area (Å²) in [6.07, 6.45) is 1.76. The van der Waals surface area contributed by atoms with E-state index in [1.165, 1.54) is 0 Å². The topological polar surface area (TPSA) is 0 Å².